The van der Waals surface area contributed by atoms with Gasteiger partial charge in [0.15, 0.2) is 12.4 Å². The number of ketones is 1. The molecule has 0 amide bonds. The SMILES string of the molecule is COc1ccc(C(=O)COc2ccc(F)cc2Cl)cc1. The van der Waals surface area contributed by atoms with Crippen molar-refractivity contribution >= 4 is 17.4 Å². The lowest BCUT2D eigenvalue weighted by Gasteiger charge is -2.07. The Labute approximate surface area is 120 Å². The van der Waals surface area contributed by atoms with Crippen LogP contribution in [0.25, 0.3) is 0 Å². The smallest absolute Gasteiger partial charge is 0.200 e. The van der Waals surface area contributed by atoms with Gasteiger partial charge in [0.05, 0.1) is 12.1 Å². The molecule has 0 aliphatic heterocycles. The molecule has 0 spiro atoms. The van der Waals surface area contributed by atoms with Crippen molar-refractivity contribution in [3.8, 4) is 11.5 Å². The van der Waals surface area contributed by atoms with E-state index < -0.39 is 5.82 Å². The van der Waals surface area contributed by atoms with Gasteiger partial charge < -0.3 is 9.47 Å². The Morgan fingerprint density at radius 1 is 1.20 bits per heavy atom. The van der Waals surface area contributed by atoms with Crippen LogP contribution in [0.1, 0.15) is 10.4 Å². The molecule has 3 nitrogen and oxygen atoms in total. The zero-order valence-corrected chi connectivity index (χ0v) is 11.5. The number of methoxy groups -OCH3 is 1. The first-order valence-corrected chi connectivity index (χ1v) is 6.23. The average molecular weight is 295 g/mol. The Morgan fingerprint density at radius 2 is 1.90 bits per heavy atom. The van der Waals surface area contributed by atoms with Crippen LogP contribution in [0.2, 0.25) is 5.02 Å². The van der Waals surface area contributed by atoms with Crippen molar-refractivity contribution < 1.29 is 18.7 Å². The van der Waals surface area contributed by atoms with Crippen molar-refractivity contribution in [3.05, 3.63) is 58.9 Å². The number of carbonyl (C=O) groups is 1. The van der Waals surface area contributed by atoms with E-state index in [1.165, 1.54) is 12.1 Å². The molecule has 0 radical (unpaired) electrons. The number of benzene rings is 2. The number of ether oxygens (including phenoxy) is 2. The van der Waals surface area contributed by atoms with E-state index in [0.717, 1.165) is 6.07 Å². The van der Waals surface area contributed by atoms with Crippen LogP contribution in [-0.4, -0.2) is 19.5 Å². The van der Waals surface area contributed by atoms with E-state index >= 15 is 0 Å². The topological polar surface area (TPSA) is 35.5 Å². The molecule has 0 heterocycles. The number of halogens is 2. The Kier molecular flexibility index (Phi) is 4.58. The maximum absolute atomic E-state index is 12.9. The highest BCUT2D eigenvalue weighted by atomic mass is 35.5. The van der Waals surface area contributed by atoms with Gasteiger partial charge in [-0.05, 0) is 42.5 Å². The molecule has 5 heteroatoms. The summed E-state index contributed by atoms with van der Waals surface area (Å²) in [5.74, 6) is 0.288. The molecule has 0 atom stereocenters. The maximum Gasteiger partial charge on any atom is 0.200 e. The summed E-state index contributed by atoms with van der Waals surface area (Å²) in [7, 11) is 1.55. The maximum atomic E-state index is 12.9. The second kappa shape index (κ2) is 6.39. The fourth-order valence-electron chi connectivity index (χ4n) is 1.60. The molecule has 0 bridgehead atoms. The predicted molar refractivity (Wildman–Crippen MR) is 74.2 cm³/mol. The van der Waals surface area contributed by atoms with E-state index in [1.54, 1.807) is 31.4 Å². The van der Waals surface area contributed by atoms with E-state index in [4.69, 9.17) is 21.1 Å². The summed E-state index contributed by atoms with van der Waals surface area (Å²) in [5.41, 5.74) is 0.504. The monoisotopic (exact) mass is 294 g/mol. The first-order chi connectivity index (χ1) is 9.60. The minimum absolute atomic E-state index is 0.132. The van der Waals surface area contributed by atoms with Gasteiger partial charge in [-0.1, -0.05) is 11.6 Å². The Morgan fingerprint density at radius 3 is 2.50 bits per heavy atom. The summed E-state index contributed by atoms with van der Waals surface area (Å²) in [6, 6.07) is 10.4. The quantitative estimate of drug-likeness (QED) is 0.788. The van der Waals surface area contributed by atoms with Crippen LogP contribution >= 0.6 is 11.6 Å². The molecule has 0 saturated heterocycles. The molecule has 0 fully saturated rings. The molecule has 2 aromatic rings. The summed E-state index contributed by atoms with van der Waals surface area (Å²) in [4.78, 5) is 11.9. The summed E-state index contributed by atoms with van der Waals surface area (Å²) in [6.45, 7) is -0.169. The third-order valence-electron chi connectivity index (χ3n) is 2.66. The molecule has 0 unspecified atom stereocenters. The van der Waals surface area contributed by atoms with Gasteiger partial charge in [-0.15, -0.1) is 0 Å². The predicted octanol–water partition coefficient (Wildman–Crippen LogP) is 3.75. The van der Waals surface area contributed by atoms with Gasteiger partial charge in [0, 0.05) is 5.56 Å². The van der Waals surface area contributed by atoms with Crippen LogP contribution < -0.4 is 9.47 Å². The molecule has 0 aliphatic rings. The van der Waals surface area contributed by atoms with Crippen molar-refractivity contribution in [3.63, 3.8) is 0 Å². The fourth-order valence-corrected chi connectivity index (χ4v) is 1.82. The average Bonchev–Trinajstić information content (AvgIpc) is 2.46. The number of carbonyl (C=O) groups excluding carboxylic acids is 1. The summed E-state index contributed by atoms with van der Waals surface area (Å²) >= 11 is 5.81. The van der Waals surface area contributed by atoms with Crippen LogP contribution in [0.15, 0.2) is 42.5 Å². The normalized spacial score (nSPS) is 10.2. The third-order valence-corrected chi connectivity index (χ3v) is 2.96. The van der Waals surface area contributed by atoms with Gasteiger partial charge >= 0.3 is 0 Å². The highest BCUT2D eigenvalue weighted by Crippen LogP contribution is 2.25. The fraction of sp³-hybridized carbons (Fsp3) is 0.133. The Balaban J connectivity index is 2.00. The minimum Gasteiger partial charge on any atom is -0.497 e. The molecule has 104 valence electrons. The number of Topliss-reactive ketones (excluding diaryl/α,β-unsaturated/α-hetero) is 1. The van der Waals surface area contributed by atoms with Gasteiger partial charge in [0.1, 0.15) is 17.3 Å². The molecule has 0 N–H and O–H groups in total. The van der Waals surface area contributed by atoms with Crippen LogP contribution in [0.3, 0.4) is 0 Å². The first kappa shape index (κ1) is 14.3. The molecule has 0 aromatic heterocycles. The highest BCUT2D eigenvalue weighted by molar-refractivity contribution is 6.32. The van der Waals surface area contributed by atoms with Gasteiger partial charge in [-0.3, -0.25) is 4.79 Å². The Hall–Kier alpha value is -2.07. The lowest BCUT2D eigenvalue weighted by atomic mass is 10.1. The van der Waals surface area contributed by atoms with Crippen molar-refractivity contribution in [2.24, 2.45) is 0 Å². The van der Waals surface area contributed by atoms with Crippen LogP contribution in [0.4, 0.5) is 4.39 Å². The number of hydrogen-bond acceptors (Lipinski definition) is 3. The number of rotatable bonds is 5. The second-order valence-electron chi connectivity index (χ2n) is 4.02. The molecule has 0 aliphatic carbocycles. The van der Waals surface area contributed by atoms with E-state index in [1.807, 2.05) is 0 Å². The lowest BCUT2D eigenvalue weighted by Crippen LogP contribution is -2.11. The third kappa shape index (κ3) is 3.48. The van der Waals surface area contributed by atoms with Gasteiger partial charge in [-0.2, -0.15) is 0 Å². The van der Waals surface area contributed by atoms with E-state index in [0.29, 0.717) is 11.3 Å². The highest BCUT2D eigenvalue weighted by Gasteiger charge is 2.09. The zero-order chi connectivity index (χ0) is 14.5. The van der Waals surface area contributed by atoms with Gasteiger partial charge in [0.2, 0.25) is 0 Å². The van der Waals surface area contributed by atoms with E-state index in [2.05, 4.69) is 0 Å². The standard InChI is InChI=1S/C15H12ClFO3/c1-19-12-5-2-10(3-6-12)14(18)9-20-15-7-4-11(17)8-13(15)16/h2-8H,9H2,1H3. The van der Waals surface area contributed by atoms with E-state index in [-0.39, 0.29) is 23.2 Å². The van der Waals surface area contributed by atoms with Gasteiger partial charge in [0.25, 0.3) is 0 Å². The molecule has 0 saturated carbocycles. The van der Waals surface area contributed by atoms with Crippen molar-refractivity contribution in [2.45, 2.75) is 0 Å². The van der Waals surface area contributed by atoms with Crippen molar-refractivity contribution in [1.29, 1.82) is 0 Å². The van der Waals surface area contributed by atoms with Crippen molar-refractivity contribution in [1.82, 2.24) is 0 Å². The molecular weight excluding hydrogens is 283 g/mol. The molecular formula is C15H12ClFO3. The summed E-state index contributed by atoms with van der Waals surface area (Å²) in [6.07, 6.45) is 0. The van der Waals surface area contributed by atoms with Crippen LogP contribution in [-0.2, 0) is 0 Å². The lowest BCUT2D eigenvalue weighted by molar-refractivity contribution is 0.0921. The van der Waals surface area contributed by atoms with Crippen molar-refractivity contribution in [2.75, 3.05) is 13.7 Å². The van der Waals surface area contributed by atoms with Gasteiger partial charge in [-0.25, -0.2) is 4.39 Å². The Bertz CT molecular complexity index is 611. The summed E-state index contributed by atoms with van der Waals surface area (Å²) in [5, 5.41) is 0.132. The first-order valence-electron chi connectivity index (χ1n) is 5.85. The number of hydrogen-bond donors (Lipinski definition) is 0. The summed E-state index contributed by atoms with van der Waals surface area (Å²) < 4.78 is 23.2. The molecule has 2 aromatic carbocycles. The van der Waals surface area contributed by atoms with E-state index in [9.17, 15) is 9.18 Å². The van der Waals surface area contributed by atoms with Crippen LogP contribution in [0.5, 0.6) is 11.5 Å². The zero-order valence-electron chi connectivity index (χ0n) is 10.7. The largest absolute Gasteiger partial charge is 0.497 e. The molecule has 20 heavy (non-hydrogen) atoms. The minimum atomic E-state index is -0.455. The second-order valence-corrected chi connectivity index (χ2v) is 4.42. The molecule has 2 rings (SSSR count). The van der Waals surface area contributed by atoms with Crippen LogP contribution in [0, 0.1) is 5.82 Å².